The summed E-state index contributed by atoms with van der Waals surface area (Å²) in [5.74, 6) is -0.311. The van der Waals surface area contributed by atoms with Gasteiger partial charge in [0.05, 0.1) is 5.52 Å². The molecule has 24 heavy (non-hydrogen) atoms. The maximum Gasteiger partial charge on any atom is 0.272 e. The second kappa shape index (κ2) is 7.44. The average Bonchev–Trinajstić information content (AvgIpc) is 2.98. The molecule has 0 aliphatic rings. The van der Waals surface area contributed by atoms with Gasteiger partial charge in [-0.15, -0.1) is 0 Å². The van der Waals surface area contributed by atoms with E-state index in [0.717, 1.165) is 10.9 Å². The lowest BCUT2D eigenvalue weighted by atomic mass is 9.93. The molecule has 0 radical (unpaired) electrons. The van der Waals surface area contributed by atoms with Gasteiger partial charge in [0.2, 0.25) is 5.91 Å². The first-order chi connectivity index (χ1) is 11.3. The van der Waals surface area contributed by atoms with Crippen LogP contribution in [0.1, 0.15) is 30.8 Å². The van der Waals surface area contributed by atoms with Crippen molar-refractivity contribution in [2.24, 2.45) is 11.1 Å². The van der Waals surface area contributed by atoms with Crippen LogP contribution in [0.4, 0.5) is 0 Å². The number of nitrogens with zero attached hydrogens (tertiary/aromatic N) is 2. The zero-order chi connectivity index (χ0) is 17.7. The fourth-order valence-corrected chi connectivity index (χ4v) is 2.49. The van der Waals surface area contributed by atoms with Crippen molar-refractivity contribution in [3.05, 3.63) is 30.0 Å². The molecule has 2 aromatic rings. The van der Waals surface area contributed by atoms with Gasteiger partial charge in [0.15, 0.2) is 5.69 Å². The van der Waals surface area contributed by atoms with E-state index in [9.17, 15) is 9.59 Å². The standard InChI is InChI=1S/C17H25N5O2/c1-17(2,10-18)11-22(3)14(23)8-9-19-16(24)15-12-6-4-5-7-13(12)20-21-15/h4-7H,8-11,18H2,1-3H3,(H,19,24)(H,20,21). The topological polar surface area (TPSA) is 104 Å². The molecule has 130 valence electrons. The minimum atomic E-state index is -0.287. The number of fused-ring (bicyclic) bond motifs is 1. The number of H-pyrrole nitrogens is 1. The molecule has 0 spiro atoms. The molecule has 0 fully saturated rings. The summed E-state index contributed by atoms with van der Waals surface area (Å²) in [6, 6.07) is 7.42. The summed E-state index contributed by atoms with van der Waals surface area (Å²) in [5.41, 5.74) is 6.72. The van der Waals surface area contributed by atoms with Crippen LogP contribution in [-0.2, 0) is 4.79 Å². The van der Waals surface area contributed by atoms with Crippen molar-refractivity contribution in [3.8, 4) is 0 Å². The van der Waals surface area contributed by atoms with Gasteiger partial charge in [-0.2, -0.15) is 5.10 Å². The number of carbonyl (C=O) groups excluding carboxylic acids is 2. The minimum Gasteiger partial charge on any atom is -0.350 e. The molecule has 0 saturated carbocycles. The third-order valence-corrected chi connectivity index (χ3v) is 3.95. The molecule has 0 unspecified atom stereocenters. The van der Waals surface area contributed by atoms with Gasteiger partial charge < -0.3 is 16.0 Å². The second-order valence-corrected chi connectivity index (χ2v) is 6.74. The number of hydrogen-bond donors (Lipinski definition) is 3. The van der Waals surface area contributed by atoms with E-state index < -0.39 is 0 Å². The molecule has 0 aliphatic heterocycles. The lowest BCUT2D eigenvalue weighted by Crippen LogP contribution is -2.40. The van der Waals surface area contributed by atoms with Crippen LogP contribution >= 0.6 is 0 Å². The van der Waals surface area contributed by atoms with Crippen molar-refractivity contribution in [1.82, 2.24) is 20.4 Å². The largest absolute Gasteiger partial charge is 0.350 e. The van der Waals surface area contributed by atoms with Gasteiger partial charge in [-0.05, 0) is 18.0 Å². The van der Waals surface area contributed by atoms with Crippen LogP contribution in [-0.4, -0.2) is 53.6 Å². The highest BCUT2D eigenvalue weighted by molar-refractivity contribution is 6.04. The SMILES string of the molecule is CN(CC(C)(C)CN)C(=O)CCNC(=O)c1n[nH]c2ccccc12. The van der Waals surface area contributed by atoms with Gasteiger partial charge in [0, 0.05) is 31.9 Å². The van der Waals surface area contributed by atoms with Gasteiger partial charge >= 0.3 is 0 Å². The molecule has 2 rings (SSSR count). The number of rotatable bonds is 7. The van der Waals surface area contributed by atoms with Crippen LogP contribution < -0.4 is 11.1 Å². The Kier molecular flexibility index (Phi) is 5.56. The van der Waals surface area contributed by atoms with E-state index in [2.05, 4.69) is 15.5 Å². The summed E-state index contributed by atoms with van der Waals surface area (Å²) in [6.07, 6.45) is 0.241. The van der Waals surface area contributed by atoms with Gasteiger partial charge in [-0.25, -0.2) is 0 Å². The first-order valence-electron chi connectivity index (χ1n) is 7.99. The lowest BCUT2D eigenvalue weighted by molar-refractivity contribution is -0.130. The maximum atomic E-state index is 12.2. The van der Waals surface area contributed by atoms with Crippen molar-refractivity contribution in [2.45, 2.75) is 20.3 Å². The van der Waals surface area contributed by atoms with E-state index in [1.807, 2.05) is 38.1 Å². The molecule has 7 nitrogen and oxygen atoms in total. The maximum absolute atomic E-state index is 12.2. The number of hydrogen-bond acceptors (Lipinski definition) is 4. The van der Waals surface area contributed by atoms with Gasteiger partial charge in [0.25, 0.3) is 5.91 Å². The Labute approximate surface area is 141 Å². The lowest BCUT2D eigenvalue weighted by Gasteiger charge is -2.29. The fraction of sp³-hybridized carbons (Fsp3) is 0.471. The van der Waals surface area contributed by atoms with Crippen molar-refractivity contribution in [3.63, 3.8) is 0 Å². The Morgan fingerprint density at radius 2 is 2.04 bits per heavy atom. The third-order valence-electron chi connectivity index (χ3n) is 3.95. The van der Waals surface area contributed by atoms with Crippen molar-refractivity contribution in [1.29, 1.82) is 0 Å². The molecule has 0 bridgehead atoms. The molecule has 7 heteroatoms. The van der Waals surface area contributed by atoms with Gasteiger partial charge in [0.1, 0.15) is 0 Å². The Balaban J connectivity index is 1.85. The van der Waals surface area contributed by atoms with Crippen LogP contribution in [0.2, 0.25) is 0 Å². The predicted octanol–water partition coefficient (Wildman–Crippen LogP) is 1.13. The first kappa shape index (κ1) is 17.9. The molecule has 0 atom stereocenters. The summed E-state index contributed by atoms with van der Waals surface area (Å²) in [7, 11) is 1.75. The van der Waals surface area contributed by atoms with E-state index in [-0.39, 0.29) is 30.2 Å². The monoisotopic (exact) mass is 331 g/mol. The van der Waals surface area contributed by atoms with Crippen LogP contribution in [0, 0.1) is 5.41 Å². The predicted molar refractivity (Wildman–Crippen MR) is 93.5 cm³/mol. The minimum absolute atomic E-state index is 0.0243. The summed E-state index contributed by atoms with van der Waals surface area (Å²) in [4.78, 5) is 26.0. The fourth-order valence-electron chi connectivity index (χ4n) is 2.49. The third kappa shape index (κ3) is 4.32. The molecule has 0 aliphatic carbocycles. The molecule has 4 N–H and O–H groups in total. The highest BCUT2D eigenvalue weighted by atomic mass is 16.2. The van der Waals surface area contributed by atoms with Crippen LogP contribution in [0.25, 0.3) is 10.9 Å². The number of aromatic amines is 1. The highest BCUT2D eigenvalue weighted by Gasteiger charge is 2.21. The normalized spacial score (nSPS) is 11.5. The quantitative estimate of drug-likeness (QED) is 0.707. The number of carbonyl (C=O) groups is 2. The zero-order valence-corrected chi connectivity index (χ0v) is 14.4. The van der Waals surface area contributed by atoms with Crippen molar-refractivity contribution < 1.29 is 9.59 Å². The number of nitrogens with one attached hydrogen (secondary N) is 2. The molecule has 2 amide bonds. The number of amides is 2. The van der Waals surface area contributed by atoms with E-state index >= 15 is 0 Å². The molecule has 1 aromatic heterocycles. The Hall–Kier alpha value is -2.41. The summed E-state index contributed by atoms with van der Waals surface area (Å²) in [6.45, 7) is 5.39. The Bertz CT molecular complexity index is 723. The van der Waals surface area contributed by atoms with E-state index in [1.165, 1.54) is 0 Å². The molecular formula is C17H25N5O2. The molecule has 1 aromatic carbocycles. The first-order valence-corrected chi connectivity index (χ1v) is 7.99. The average molecular weight is 331 g/mol. The van der Waals surface area contributed by atoms with Gasteiger partial charge in [-0.1, -0.05) is 32.0 Å². The number of nitrogens with two attached hydrogens (primary N) is 1. The van der Waals surface area contributed by atoms with Crippen molar-refractivity contribution in [2.75, 3.05) is 26.7 Å². The van der Waals surface area contributed by atoms with E-state index in [4.69, 9.17) is 5.73 Å². The smallest absolute Gasteiger partial charge is 0.272 e. The molecule has 1 heterocycles. The summed E-state index contributed by atoms with van der Waals surface area (Å²) >= 11 is 0. The number of benzene rings is 1. The van der Waals surface area contributed by atoms with Crippen LogP contribution in [0.3, 0.4) is 0 Å². The summed E-state index contributed by atoms with van der Waals surface area (Å²) in [5, 5.41) is 10.4. The second-order valence-electron chi connectivity index (χ2n) is 6.74. The van der Waals surface area contributed by atoms with Gasteiger partial charge in [-0.3, -0.25) is 14.7 Å². The molecular weight excluding hydrogens is 306 g/mol. The Morgan fingerprint density at radius 3 is 2.75 bits per heavy atom. The van der Waals surface area contributed by atoms with E-state index in [1.54, 1.807) is 11.9 Å². The number of para-hydroxylation sites is 1. The Morgan fingerprint density at radius 1 is 1.33 bits per heavy atom. The van der Waals surface area contributed by atoms with Crippen molar-refractivity contribution >= 4 is 22.7 Å². The number of aromatic nitrogens is 2. The van der Waals surface area contributed by atoms with E-state index in [0.29, 0.717) is 18.8 Å². The molecule has 0 saturated heterocycles. The zero-order valence-electron chi connectivity index (χ0n) is 14.4. The van der Waals surface area contributed by atoms with Crippen LogP contribution in [0.5, 0.6) is 0 Å². The summed E-state index contributed by atoms with van der Waals surface area (Å²) < 4.78 is 0. The highest BCUT2D eigenvalue weighted by Crippen LogP contribution is 2.15. The van der Waals surface area contributed by atoms with Crippen LogP contribution in [0.15, 0.2) is 24.3 Å².